The highest BCUT2D eigenvalue weighted by molar-refractivity contribution is 8.01. The summed E-state index contributed by atoms with van der Waals surface area (Å²) < 4.78 is 17.6. The van der Waals surface area contributed by atoms with Gasteiger partial charge in [0.2, 0.25) is 0 Å². The highest BCUT2D eigenvalue weighted by Crippen LogP contribution is 2.58. The van der Waals surface area contributed by atoms with Crippen LogP contribution in [0.15, 0.2) is 14.7 Å². The number of fused-ring (bicyclic) bond motifs is 6. The van der Waals surface area contributed by atoms with Gasteiger partial charge in [-0.3, -0.25) is 0 Å². The highest BCUT2D eigenvalue weighted by Gasteiger charge is 2.33. The second-order valence-corrected chi connectivity index (χ2v) is 7.38. The molecule has 96 valence electrons. The lowest BCUT2D eigenvalue weighted by Crippen LogP contribution is -2.17. The summed E-state index contributed by atoms with van der Waals surface area (Å²) >= 11 is 5.53. The monoisotopic (exact) mass is 300 g/mol. The van der Waals surface area contributed by atoms with E-state index in [-0.39, 0.29) is 0 Å². The fourth-order valence-electron chi connectivity index (χ4n) is 2.27. The predicted molar refractivity (Wildman–Crippen MR) is 75.1 cm³/mol. The van der Waals surface area contributed by atoms with Crippen LogP contribution in [-0.4, -0.2) is 37.1 Å². The van der Waals surface area contributed by atoms with Gasteiger partial charge in [0, 0.05) is 17.3 Å². The zero-order valence-corrected chi connectivity index (χ0v) is 12.1. The predicted octanol–water partition coefficient (Wildman–Crippen LogP) is 3.14. The van der Waals surface area contributed by atoms with Crippen molar-refractivity contribution in [3.63, 3.8) is 0 Å². The van der Waals surface area contributed by atoms with Crippen LogP contribution in [-0.2, 0) is 0 Å². The van der Waals surface area contributed by atoms with E-state index in [0.717, 1.165) is 54.3 Å². The van der Waals surface area contributed by atoms with Crippen molar-refractivity contribution in [2.75, 3.05) is 37.1 Å². The smallest absolute Gasteiger partial charge is 0.154 e. The largest absolute Gasteiger partial charge is 0.490 e. The maximum atomic E-state index is 5.88. The first-order valence-electron chi connectivity index (χ1n) is 5.96. The van der Waals surface area contributed by atoms with Crippen molar-refractivity contribution in [3.05, 3.63) is 0 Å². The van der Waals surface area contributed by atoms with Crippen molar-refractivity contribution in [2.24, 2.45) is 0 Å². The van der Waals surface area contributed by atoms with E-state index in [2.05, 4.69) is 0 Å². The van der Waals surface area contributed by atoms with Crippen LogP contribution in [0.2, 0.25) is 0 Å². The number of hydrogen-bond acceptors (Lipinski definition) is 6. The maximum absolute atomic E-state index is 5.88. The molecule has 1 aromatic rings. The van der Waals surface area contributed by atoms with Crippen LogP contribution in [0.4, 0.5) is 0 Å². The Hall–Kier alpha value is -0.330. The summed E-state index contributed by atoms with van der Waals surface area (Å²) in [5.74, 6) is 5.97. The summed E-state index contributed by atoms with van der Waals surface area (Å²) in [6, 6.07) is 0. The third kappa shape index (κ3) is 1.69. The zero-order valence-electron chi connectivity index (χ0n) is 9.69. The van der Waals surface area contributed by atoms with Gasteiger partial charge >= 0.3 is 0 Å². The summed E-state index contributed by atoms with van der Waals surface area (Å²) in [6.07, 6.45) is 0. The minimum absolute atomic E-state index is 0.774. The third-order valence-corrected chi connectivity index (χ3v) is 6.06. The summed E-state index contributed by atoms with van der Waals surface area (Å²) in [7, 11) is 0. The quantitative estimate of drug-likeness (QED) is 0.731. The number of benzene rings is 1. The van der Waals surface area contributed by atoms with Crippen LogP contribution >= 0.6 is 35.3 Å². The SMILES string of the molecule is C1CSc2c(c3c(c4c2OCCS4)OCCS3)O1. The van der Waals surface area contributed by atoms with Crippen LogP contribution in [0.1, 0.15) is 0 Å². The van der Waals surface area contributed by atoms with E-state index in [1.807, 2.05) is 35.3 Å². The van der Waals surface area contributed by atoms with Crippen LogP contribution in [0, 0.1) is 0 Å². The average Bonchev–Trinajstić information content (AvgIpc) is 2.48. The molecule has 0 spiro atoms. The molecule has 6 heteroatoms. The molecule has 0 atom stereocenters. The van der Waals surface area contributed by atoms with Gasteiger partial charge in [-0.15, -0.1) is 35.3 Å². The molecule has 4 rings (SSSR count). The van der Waals surface area contributed by atoms with Crippen molar-refractivity contribution in [3.8, 4) is 17.2 Å². The topological polar surface area (TPSA) is 27.7 Å². The Bertz CT molecular complexity index is 368. The molecule has 0 aromatic heterocycles. The Morgan fingerprint density at radius 3 is 1.22 bits per heavy atom. The van der Waals surface area contributed by atoms with E-state index >= 15 is 0 Å². The van der Waals surface area contributed by atoms with Gasteiger partial charge in [0.05, 0.1) is 34.5 Å². The number of ether oxygens (including phenoxy) is 3. The van der Waals surface area contributed by atoms with Crippen LogP contribution in [0.5, 0.6) is 17.2 Å². The van der Waals surface area contributed by atoms with E-state index in [0.29, 0.717) is 0 Å². The summed E-state index contributed by atoms with van der Waals surface area (Å²) in [4.78, 5) is 3.54. The van der Waals surface area contributed by atoms with Crippen LogP contribution in [0.3, 0.4) is 0 Å². The van der Waals surface area contributed by atoms with Gasteiger partial charge in [0.15, 0.2) is 17.2 Å². The van der Waals surface area contributed by atoms with Crippen molar-refractivity contribution >= 4 is 35.3 Å². The molecule has 1 aromatic carbocycles. The molecule has 3 aliphatic rings. The molecule has 0 saturated heterocycles. The molecule has 3 nitrogen and oxygen atoms in total. The van der Waals surface area contributed by atoms with Gasteiger partial charge in [0.25, 0.3) is 0 Å². The van der Waals surface area contributed by atoms with E-state index in [9.17, 15) is 0 Å². The maximum Gasteiger partial charge on any atom is 0.154 e. The molecule has 3 aliphatic heterocycles. The first-order valence-corrected chi connectivity index (χ1v) is 8.91. The third-order valence-electron chi connectivity index (χ3n) is 2.97. The van der Waals surface area contributed by atoms with Crippen LogP contribution < -0.4 is 14.2 Å². The Morgan fingerprint density at radius 1 is 0.556 bits per heavy atom. The van der Waals surface area contributed by atoms with E-state index in [4.69, 9.17) is 14.2 Å². The van der Waals surface area contributed by atoms with Gasteiger partial charge in [-0.05, 0) is 0 Å². The van der Waals surface area contributed by atoms with Gasteiger partial charge in [-0.25, -0.2) is 0 Å². The molecular weight excluding hydrogens is 288 g/mol. The Kier molecular flexibility index (Phi) is 2.97. The second-order valence-electron chi connectivity index (χ2n) is 4.07. The fraction of sp³-hybridized carbons (Fsp3) is 0.500. The first-order chi connectivity index (χ1) is 8.95. The Balaban J connectivity index is 1.98. The lowest BCUT2D eigenvalue weighted by molar-refractivity contribution is 0.266. The van der Waals surface area contributed by atoms with Crippen LogP contribution in [0.25, 0.3) is 0 Å². The minimum Gasteiger partial charge on any atom is -0.490 e. The molecule has 0 aliphatic carbocycles. The standard InChI is InChI=1S/C12H12O3S3/c1-4-16-10-7(13-1)11-9(15-2-5-17-11)12-8(10)14-3-6-18-12/h1-6H2. The average molecular weight is 300 g/mol. The first kappa shape index (κ1) is 11.5. The highest BCUT2D eigenvalue weighted by atomic mass is 32.2. The lowest BCUT2D eigenvalue weighted by atomic mass is 10.2. The molecule has 3 heterocycles. The molecule has 18 heavy (non-hydrogen) atoms. The summed E-state index contributed by atoms with van der Waals surface area (Å²) in [6.45, 7) is 2.32. The van der Waals surface area contributed by atoms with E-state index in [1.165, 1.54) is 14.7 Å². The molecule has 0 saturated carbocycles. The molecular formula is C12H12O3S3. The lowest BCUT2D eigenvalue weighted by Gasteiger charge is -2.30. The van der Waals surface area contributed by atoms with Gasteiger partial charge < -0.3 is 14.2 Å². The van der Waals surface area contributed by atoms with E-state index in [1.54, 1.807) is 0 Å². The normalized spacial score (nSPS) is 20.7. The number of thioether (sulfide) groups is 3. The Morgan fingerprint density at radius 2 is 0.889 bits per heavy atom. The molecule has 0 radical (unpaired) electrons. The fourth-order valence-corrected chi connectivity index (χ4v) is 5.33. The minimum atomic E-state index is 0.774. The van der Waals surface area contributed by atoms with Crippen molar-refractivity contribution < 1.29 is 14.2 Å². The molecule has 0 bridgehead atoms. The van der Waals surface area contributed by atoms with Gasteiger partial charge in [-0.2, -0.15) is 0 Å². The number of hydrogen-bond donors (Lipinski definition) is 0. The molecule has 0 fully saturated rings. The second kappa shape index (κ2) is 4.65. The summed E-state index contributed by atoms with van der Waals surface area (Å²) in [5.41, 5.74) is 0. The van der Waals surface area contributed by atoms with Crippen molar-refractivity contribution in [1.29, 1.82) is 0 Å². The number of rotatable bonds is 0. The van der Waals surface area contributed by atoms with Gasteiger partial charge in [0.1, 0.15) is 0 Å². The molecule has 0 amide bonds. The van der Waals surface area contributed by atoms with Gasteiger partial charge in [-0.1, -0.05) is 0 Å². The summed E-state index contributed by atoms with van der Waals surface area (Å²) in [5, 5.41) is 0. The van der Waals surface area contributed by atoms with E-state index < -0.39 is 0 Å². The van der Waals surface area contributed by atoms with Crippen molar-refractivity contribution in [2.45, 2.75) is 14.7 Å². The van der Waals surface area contributed by atoms with Crippen molar-refractivity contribution in [1.82, 2.24) is 0 Å². The Labute approximate surface area is 118 Å². The zero-order chi connectivity index (χ0) is 11.9. The molecule has 0 N–H and O–H groups in total. The molecule has 0 unspecified atom stereocenters.